The van der Waals surface area contributed by atoms with E-state index in [0.29, 0.717) is 58.0 Å². The van der Waals surface area contributed by atoms with Crippen LogP contribution in [-0.4, -0.2) is 107 Å². The van der Waals surface area contributed by atoms with E-state index in [4.69, 9.17) is 35.5 Å². The number of carboxylic acid groups (broad SMARTS) is 2. The third-order valence-electron chi connectivity index (χ3n) is 11.1. The Hall–Kier alpha value is -5.57. The van der Waals surface area contributed by atoms with Gasteiger partial charge in [0.15, 0.2) is 0 Å². The molecule has 16 nitrogen and oxygen atoms in total. The average Bonchev–Trinajstić information content (AvgIpc) is 3.37. The van der Waals surface area contributed by atoms with Gasteiger partial charge in [0.25, 0.3) is 0 Å². The Balaban J connectivity index is 0.000000475. The first kappa shape index (κ1) is 62.4. The number of rotatable bonds is 18. The molecule has 0 bridgehead atoms. The van der Waals surface area contributed by atoms with Crippen molar-refractivity contribution in [2.75, 3.05) is 65.8 Å². The number of nitrogens with one attached hydrogen (secondary N) is 2. The number of hydrogen-bond acceptors (Lipinski definition) is 13. The minimum Gasteiger partial charge on any atom is -0.549 e. The van der Waals surface area contributed by atoms with E-state index < -0.39 is 29.7 Å². The summed E-state index contributed by atoms with van der Waals surface area (Å²) in [7, 11) is 0. The van der Waals surface area contributed by atoms with E-state index in [1.54, 1.807) is 62.4 Å². The van der Waals surface area contributed by atoms with Gasteiger partial charge in [-0.05, 0) is 61.8 Å². The molecule has 376 valence electrons. The number of carboxylic acids is 2. The van der Waals surface area contributed by atoms with Crippen LogP contribution in [0.25, 0.3) is 0 Å². The number of ether oxygens (including phenoxy) is 4. The van der Waals surface area contributed by atoms with Crippen LogP contribution in [0.4, 0.5) is 0 Å². The molecule has 2 saturated heterocycles. The van der Waals surface area contributed by atoms with Crippen molar-refractivity contribution in [3.8, 4) is 0 Å². The van der Waals surface area contributed by atoms with Crippen molar-refractivity contribution >= 4 is 48.1 Å². The van der Waals surface area contributed by atoms with E-state index in [1.807, 2.05) is 72.8 Å². The van der Waals surface area contributed by atoms with Gasteiger partial charge in [0, 0.05) is 70.4 Å². The molecule has 2 amide bonds. The normalized spacial score (nSPS) is 14.8. The fourth-order valence-corrected chi connectivity index (χ4v) is 7.26. The Morgan fingerprint density at radius 1 is 0.557 bits per heavy atom. The van der Waals surface area contributed by atoms with Crippen LogP contribution >= 0.6 is 12.4 Å². The first-order chi connectivity index (χ1) is 32.9. The Labute approximate surface area is 429 Å². The van der Waals surface area contributed by atoms with Gasteiger partial charge in [0.2, 0.25) is 11.8 Å². The number of aliphatic carboxylic acids is 2. The van der Waals surface area contributed by atoms with E-state index >= 15 is 0 Å². The van der Waals surface area contributed by atoms with E-state index in [2.05, 4.69) is 10.6 Å². The zero-order valence-corrected chi connectivity index (χ0v) is 41.2. The summed E-state index contributed by atoms with van der Waals surface area (Å²) < 4.78 is 20.5. The van der Waals surface area contributed by atoms with E-state index in [-0.39, 0.29) is 99.0 Å². The molecule has 2 fully saturated rings. The predicted molar refractivity (Wildman–Crippen MR) is 261 cm³/mol. The van der Waals surface area contributed by atoms with Gasteiger partial charge in [-0.1, -0.05) is 121 Å². The SMILES string of the molecule is CCOC(=O)C(CN)c1ccccc1.CCOC(=O)C(CNC(=O)C1CCOCC1)c1ccccc1.Cl.NCC(C(=O)O)c1ccccc1.O=C(NCC(C(=O)[O-])c1ccccc1)C1CCOCC1.[Li+]. The number of amides is 2. The van der Waals surface area contributed by atoms with Gasteiger partial charge in [-0.25, -0.2) is 0 Å². The summed E-state index contributed by atoms with van der Waals surface area (Å²) in [4.78, 5) is 69.6. The van der Waals surface area contributed by atoms with Crippen LogP contribution in [0.3, 0.4) is 0 Å². The molecule has 4 atom stereocenters. The Bertz CT molecular complexity index is 2080. The van der Waals surface area contributed by atoms with E-state index in [0.717, 1.165) is 29.5 Å². The smallest absolute Gasteiger partial charge is 0.549 e. The minimum atomic E-state index is -1.18. The molecule has 0 radical (unpaired) electrons. The Morgan fingerprint density at radius 3 is 1.17 bits per heavy atom. The molecule has 2 heterocycles. The van der Waals surface area contributed by atoms with Crippen LogP contribution in [0.2, 0.25) is 0 Å². The van der Waals surface area contributed by atoms with Gasteiger partial charge >= 0.3 is 36.8 Å². The van der Waals surface area contributed by atoms with Crippen LogP contribution < -0.4 is 46.1 Å². The summed E-state index contributed by atoms with van der Waals surface area (Å²) in [6.07, 6.45) is 2.85. The topological polar surface area (TPSA) is 259 Å². The molecule has 4 unspecified atom stereocenters. The summed E-state index contributed by atoms with van der Waals surface area (Å²) in [5.74, 6) is -5.01. The van der Waals surface area contributed by atoms with Crippen molar-refractivity contribution in [2.24, 2.45) is 23.3 Å². The molecular formula is C52H68ClLiN4O12. The average molecular weight is 984 g/mol. The maximum Gasteiger partial charge on any atom is 1.00 e. The van der Waals surface area contributed by atoms with Crippen LogP contribution in [-0.2, 0) is 47.7 Å². The number of nitrogens with two attached hydrogens (primary N) is 2. The largest absolute Gasteiger partial charge is 1.00 e. The van der Waals surface area contributed by atoms with Crippen LogP contribution in [0, 0.1) is 11.8 Å². The summed E-state index contributed by atoms with van der Waals surface area (Å²) in [5.41, 5.74) is 14.0. The fraction of sp³-hybridized carbons (Fsp3) is 0.423. The van der Waals surface area contributed by atoms with E-state index in [1.165, 1.54) is 0 Å². The van der Waals surface area contributed by atoms with Crippen molar-refractivity contribution in [1.82, 2.24) is 10.6 Å². The number of esters is 2. The molecule has 2 aliphatic rings. The van der Waals surface area contributed by atoms with Crippen molar-refractivity contribution < 1.29 is 76.8 Å². The second-order valence-electron chi connectivity index (χ2n) is 15.7. The first-order valence-corrected chi connectivity index (χ1v) is 23.0. The number of hydrogen-bond donors (Lipinski definition) is 5. The maximum atomic E-state index is 12.2. The Morgan fingerprint density at radius 2 is 0.857 bits per heavy atom. The monoisotopic (exact) mass is 982 g/mol. The molecule has 2 aliphatic heterocycles. The van der Waals surface area contributed by atoms with Crippen LogP contribution in [0.5, 0.6) is 0 Å². The molecular weight excluding hydrogens is 915 g/mol. The van der Waals surface area contributed by atoms with Gasteiger partial charge in [0.1, 0.15) is 0 Å². The Kier molecular flexibility index (Phi) is 32.5. The zero-order chi connectivity index (χ0) is 49.5. The maximum absolute atomic E-state index is 12.2. The molecule has 0 saturated carbocycles. The third kappa shape index (κ3) is 22.5. The predicted octanol–water partition coefficient (Wildman–Crippen LogP) is 1.47. The third-order valence-corrected chi connectivity index (χ3v) is 11.1. The molecule has 0 aromatic heterocycles. The number of carbonyl (C=O) groups excluding carboxylic acids is 5. The number of halogens is 1. The van der Waals surface area contributed by atoms with Crippen molar-refractivity contribution in [2.45, 2.75) is 63.2 Å². The number of benzene rings is 4. The van der Waals surface area contributed by atoms with Gasteiger partial charge in [0.05, 0.1) is 36.9 Å². The standard InChI is InChI=1S/C17H23NO4.C15H19NO4.C11H15NO2.C9H11NO2.ClH.Li/c1-2-22-17(20)15(13-6-4-3-5-7-13)12-18-16(19)14-8-10-21-11-9-14;17-14(12-6-8-20-9-7-12)16-10-13(15(18)19)11-4-2-1-3-5-11;1-2-14-11(13)10(8-12)9-6-4-3-5-7-9;10-6-8(9(11)12)7-4-2-1-3-5-7;;/h3-7,14-15H,2,8-12H2,1H3,(H,18,19);1-5,12-13H,6-10H2,(H,16,17)(H,18,19);3-7,10H,2,8,12H2,1H3;1-5,8H,6,10H2,(H,11,12);1H;/q;;;;;+1/p-1. The van der Waals surface area contributed by atoms with Crippen LogP contribution in [0.1, 0.15) is 85.5 Å². The molecule has 6 rings (SSSR count). The molecule has 0 aliphatic carbocycles. The van der Waals surface area contributed by atoms with Crippen molar-refractivity contribution in [3.63, 3.8) is 0 Å². The minimum absolute atomic E-state index is 0. The van der Waals surface area contributed by atoms with Gasteiger partial charge in [-0.3, -0.25) is 24.0 Å². The number of carbonyl (C=O) groups is 6. The van der Waals surface area contributed by atoms with Gasteiger partial charge in [-0.15, -0.1) is 12.4 Å². The van der Waals surface area contributed by atoms with Gasteiger partial charge < -0.3 is 56.1 Å². The van der Waals surface area contributed by atoms with Gasteiger partial charge in [-0.2, -0.15) is 0 Å². The first-order valence-electron chi connectivity index (χ1n) is 23.0. The quantitative estimate of drug-likeness (QED) is 0.0700. The molecule has 70 heavy (non-hydrogen) atoms. The molecule has 7 N–H and O–H groups in total. The van der Waals surface area contributed by atoms with E-state index in [9.17, 15) is 33.9 Å². The fourth-order valence-electron chi connectivity index (χ4n) is 7.26. The van der Waals surface area contributed by atoms with Crippen molar-refractivity contribution in [3.05, 3.63) is 144 Å². The molecule has 18 heteroatoms. The summed E-state index contributed by atoms with van der Waals surface area (Å²) in [6, 6.07) is 36.6. The second kappa shape index (κ2) is 36.4. The van der Waals surface area contributed by atoms with Crippen LogP contribution in [0.15, 0.2) is 121 Å². The zero-order valence-electron chi connectivity index (χ0n) is 40.4. The summed E-state index contributed by atoms with van der Waals surface area (Å²) in [5, 5.41) is 25.6. The molecule has 0 spiro atoms. The summed E-state index contributed by atoms with van der Waals surface area (Å²) in [6.45, 7) is 7.44. The molecule has 4 aromatic rings. The van der Waals surface area contributed by atoms with Crippen molar-refractivity contribution in [1.29, 1.82) is 0 Å². The second-order valence-corrected chi connectivity index (χ2v) is 15.7. The molecule has 4 aromatic carbocycles. The summed E-state index contributed by atoms with van der Waals surface area (Å²) >= 11 is 0.